The van der Waals surface area contributed by atoms with E-state index in [0.29, 0.717) is 0 Å². The van der Waals surface area contributed by atoms with Crippen LogP contribution in [0.15, 0.2) is 45.3 Å². The van der Waals surface area contributed by atoms with Crippen LogP contribution < -0.4 is 0 Å². The molecule has 1 saturated carbocycles. The number of fused-ring (bicyclic) bond motifs is 4. The molecule has 1 fully saturated rings. The zero-order valence-electron chi connectivity index (χ0n) is 12.0. The molecule has 0 aromatic carbocycles. The van der Waals surface area contributed by atoms with Gasteiger partial charge in [0, 0.05) is 0 Å². The minimum absolute atomic E-state index is 0.216. The maximum atomic E-state index is 2.45. The monoisotopic (exact) mass is 288 g/mol. The Morgan fingerprint density at radius 3 is 1.74 bits per heavy atom. The summed E-state index contributed by atoms with van der Waals surface area (Å²) in [7, 11) is 0. The molecule has 0 nitrogen and oxygen atoms in total. The van der Waals surface area contributed by atoms with Crippen LogP contribution in [-0.2, 0) is 0 Å². The van der Waals surface area contributed by atoms with Gasteiger partial charge < -0.3 is 0 Å². The van der Waals surface area contributed by atoms with Crippen LogP contribution in [0.3, 0.4) is 0 Å². The van der Waals surface area contributed by atoms with Crippen molar-refractivity contribution in [1.82, 2.24) is 0 Å². The fraction of sp³-hybridized carbons (Fsp3) is 0.529. The average molecular weight is 288 g/mol. The molecule has 0 aromatic rings. The van der Waals surface area contributed by atoms with Crippen molar-refractivity contribution in [3.05, 3.63) is 45.3 Å². The summed E-state index contributed by atoms with van der Waals surface area (Å²) in [5.74, 6) is 1.44. The summed E-state index contributed by atoms with van der Waals surface area (Å²) in [4.78, 5) is 0. The Labute approximate surface area is 124 Å². The highest BCUT2D eigenvalue weighted by Gasteiger charge is 2.58. The number of hydrogen-bond acceptors (Lipinski definition) is 2. The lowest BCUT2D eigenvalue weighted by molar-refractivity contribution is 0.593. The quantitative estimate of drug-likeness (QED) is 0.592. The van der Waals surface area contributed by atoms with Crippen LogP contribution in [0.25, 0.3) is 0 Å². The third-order valence-electron chi connectivity index (χ3n) is 5.58. The van der Waals surface area contributed by atoms with E-state index in [2.05, 4.69) is 50.7 Å². The molecule has 4 atom stereocenters. The van der Waals surface area contributed by atoms with Crippen LogP contribution in [-0.4, -0.2) is 9.49 Å². The molecule has 0 spiro atoms. The smallest absolute Gasteiger partial charge is 0.0612 e. The van der Waals surface area contributed by atoms with E-state index in [-0.39, 0.29) is 9.49 Å². The minimum atomic E-state index is 0.216. The fourth-order valence-electron chi connectivity index (χ4n) is 4.47. The first-order valence-corrected chi connectivity index (χ1v) is 8.93. The molecule has 0 saturated heterocycles. The van der Waals surface area contributed by atoms with Gasteiger partial charge in [-0.25, -0.2) is 0 Å². The van der Waals surface area contributed by atoms with Crippen LogP contribution in [0.5, 0.6) is 0 Å². The highest BCUT2D eigenvalue weighted by molar-refractivity contribution is 8.08. The summed E-state index contributed by atoms with van der Waals surface area (Å²) in [5, 5.41) is 4.64. The first kappa shape index (κ1) is 12.4. The van der Waals surface area contributed by atoms with Crippen LogP contribution >= 0.6 is 23.5 Å². The molecule has 0 N–H and O–H groups in total. The Kier molecular flexibility index (Phi) is 2.38. The third-order valence-corrected chi connectivity index (χ3v) is 8.45. The number of rotatable bonds is 0. The van der Waals surface area contributed by atoms with Crippen LogP contribution in [0.2, 0.25) is 0 Å². The van der Waals surface area contributed by atoms with Crippen LogP contribution in [0, 0.1) is 11.8 Å². The summed E-state index contributed by atoms with van der Waals surface area (Å²) >= 11 is 4.05. The summed E-state index contributed by atoms with van der Waals surface area (Å²) in [6.45, 7) is 9.73. The normalized spacial score (nSPS) is 46.9. The molecular formula is C17H20S2. The average Bonchev–Trinajstić information content (AvgIpc) is 2.97. The first-order valence-electron chi connectivity index (χ1n) is 7.17. The van der Waals surface area contributed by atoms with Gasteiger partial charge in [-0.05, 0) is 65.2 Å². The van der Waals surface area contributed by atoms with Crippen molar-refractivity contribution < 1.29 is 0 Å². The Morgan fingerprint density at radius 2 is 1.32 bits per heavy atom. The highest BCUT2D eigenvalue weighted by atomic mass is 32.2. The number of thioether (sulfide) groups is 2. The molecule has 4 rings (SSSR count). The Morgan fingerprint density at radius 1 is 0.895 bits per heavy atom. The van der Waals surface area contributed by atoms with Crippen molar-refractivity contribution in [3.8, 4) is 0 Å². The van der Waals surface area contributed by atoms with Gasteiger partial charge in [-0.3, -0.25) is 0 Å². The molecule has 2 heterocycles. The molecule has 4 aliphatic rings. The number of allylic oxidation sites excluding steroid dienone is 4. The molecule has 0 bridgehead atoms. The topological polar surface area (TPSA) is 0 Å². The van der Waals surface area contributed by atoms with Gasteiger partial charge in [0.1, 0.15) is 0 Å². The van der Waals surface area contributed by atoms with E-state index < -0.39 is 0 Å². The largest absolute Gasteiger partial charge is 0.121 e. The molecule has 0 radical (unpaired) electrons. The molecule has 19 heavy (non-hydrogen) atoms. The van der Waals surface area contributed by atoms with Gasteiger partial charge in [0.2, 0.25) is 0 Å². The Bertz CT molecular complexity index is 540. The lowest BCUT2D eigenvalue weighted by Gasteiger charge is -2.47. The van der Waals surface area contributed by atoms with Gasteiger partial charge in [-0.15, -0.1) is 23.5 Å². The van der Waals surface area contributed by atoms with E-state index in [1.807, 2.05) is 23.5 Å². The second-order valence-electron chi connectivity index (χ2n) is 6.60. The van der Waals surface area contributed by atoms with Gasteiger partial charge in [-0.2, -0.15) is 0 Å². The van der Waals surface area contributed by atoms with Crippen LogP contribution in [0.4, 0.5) is 0 Å². The van der Waals surface area contributed by atoms with Gasteiger partial charge >= 0.3 is 0 Å². The fourth-order valence-corrected chi connectivity index (χ4v) is 6.99. The zero-order valence-corrected chi connectivity index (χ0v) is 13.6. The van der Waals surface area contributed by atoms with Crippen molar-refractivity contribution in [3.63, 3.8) is 0 Å². The van der Waals surface area contributed by atoms with Gasteiger partial charge in [0.15, 0.2) is 0 Å². The van der Waals surface area contributed by atoms with E-state index in [0.717, 1.165) is 11.8 Å². The molecule has 2 heteroatoms. The standard InChI is InChI=1S/C17H20S2/c1-10-9-11(2)15-13-6-8-19-17(13,4)16(3)12(14(10)15)5-7-18-16/h5-8,10-11H,9H2,1-4H3. The van der Waals surface area contributed by atoms with Crippen molar-refractivity contribution in [2.75, 3.05) is 0 Å². The maximum absolute atomic E-state index is 2.45. The Balaban J connectivity index is 2.08. The van der Waals surface area contributed by atoms with E-state index in [9.17, 15) is 0 Å². The molecule has 100 valence electrons. The summed E-state index contributed by atoms with van der Waals surface area (Å²) < 4.78 is 0.432. The van der Waals surface area contributed by atoms with E-state index in [4.69, 9.17) is 0 Å². The van der Waals surface area contributed by atoms with Gasteiger partial charge in [-0.1, -0.05) is 26.0 Å². The van der Waals surface area contributed by atoms with E-state index in [1.165, 1.54) is 6.42 Å². The second kappa shape index (κ2) is 3.65. The predicted octanol–water partition coefficient (Wildman–Crippen LogP) is 5.31. The highest BCUT2D eigenvalue weighted by Crippen LogP contribution is 2.66. The van der Waals surface area contributed by atoms with E-state index >= 15 is 0 Å². The molecule has 2 aliphatic heterocycles. The van der Waals surface area contributed by atoms with Crippen molar-refractivity contribution >= 4 is 23.5 Å². The summed E-state index contributed by atoms with van der Waals surface area (Å²) in [5.41, 5.74) is 6.59. The van der Waals surface area contributed by atoms with Crippen LogP contribution in [0.1, 0.15) is 34.1 Å². The second-order valence-corrected chi connectivity index (χ2v) is 9.25. The predicted molar refractivity (Wildman–Crippen MR) is 87.3 cm³/mol. The maximum Gasteiger partial charge on any atom is 0.0612 e. The lowest BCUT2D eigenvalue weighted by atomic mass is 9.70. The summed E-state index contributed by atoms with van der Waals surface area (Å²) in [6.07, 6.45) is 6.12. The molecule has 0 aromatic heterocycles. The molecular weight excluding hydrogens is 268 g/mol. The zero-order chi connectivity index (χ0) is 13.4. The minimum Gasteiger partial charge on any atom is -0.121 e. The summed E-state index contributed by atoms with van der Waals surface area (Å²) in [6, 6.07) is 0. The first-order chi connectivity index (χ1) is 8.99. The van der Waals surface area contributed by atoms with Gasteiger partial charge in [0.05, 0.1) is 9.49 Å². The van der Waals surface area contributed by atoms with Crippen molar-refractivity contribution in [1.29, 1.82) is 0 Å². The van der Waals surface area contributed by atoms with Gasteiger partial charge in [0.25, 0.3) is 0 Å². The number of hydrogen-bond donors (Lipinski definition) is 0. The van der Waals surface area contributed by atoms with E-state index in [1.54, 1.807) is 22.3 Å². The molecule has 2 aliphatic carbocycles. The molecule has 4 unspecified atom stereocenters. The molecule has 0 amide bonds. The van der Waals surface area contributed by atoms with Crippen molar-refractivity contribution in [2.45, 2.75) is 43.6 Å². The lowest BCUT2D eigenvalue weighted by Crippen LogP contribution is -2.47. The van der Waals surface area contributed by atoms with Crippen molar-refractivity contribution in [2.24, 2.45) is 11.8 Å². The Hall–Kier alpha value is -0.340. The third kappa shape index (κ3) is 1.26. The SMILES string of the molecule is CC1CC(C)C2=C3C=CSC3(C)C3(C)SC=CC3=C21.